The molecule has 0 saturated carbocycles. The van der Waals surface area contributed by atoms with Crippen molar-refractivity contribution < 1.29 is 9.50 Å². The van der Waals surface area contributed by atoms with Crippen molar-refractivity contribution in [3.8, 4) is 6.07 Å². The van der Waals surface area contributed by atoms with Gasteiger partial charge in [-0.05, 0) is 42.3 Å². The summed E-state index contributed by atoms with van der Waals surface area (Å²) in [6.07, 6.45) is 5.21. The highest BCUT2D eigenvalue weighted by Gasteiger charge is 2.14. The maximum Gasteiger partial charge on any atom is 0.141 e. The van der Waals surface area contributed by atoms with Gasteiger partial charge >= 0.3 is 0 Å². The molecule has 2 aromatic heterocycles. The molecule has 156 valence electrons. The van der Waals surface area contributed by atoms with Crippen molar-refractivity contribution in [3.05, 3.63) is 76.7 Å². The number of hydrogen-bond donors (Lipinski definition) is 4. The molecule has 0 atom stereocenters. The van der Waals surface area contributed by atoms with Crippen LogP contribution in [0.2, 0.25) is 5.02 Å². The smallest absolute Gasteiger partial charge is 0.141 e. The van der Waals surface area contributed by atoms with Crippen molar-refractivity contribution in [2.45, 2.75) is 13.0 Å². The van der Waals surface area contributed by atoms with E-state index in [1.807, 2.05) is 12.1 Å². The van der Waals surface area contributed by atoms with Gasteiger partial charge in [-0.3, -0.25) is 4.98 Å². The first-order valence-corrected chi connectivity index (χ1v) is 9.86. The number of imidazole rings is 1. The number of hydrogen-bond acceptors (Lipinski definition) is 6. The number of aromatic amines is 1. The van der Waals surface area contributed by atoms with Crippen LogP contribution in [0.5, 0.6) is 0 Å². The molecule has 0 spiro atoms. The Kier molecular flexibility index (Phi) is 5.98. The molecule has 4 N–H and O–H groups in total. The summed E-state index contributed by atoms with van der Waals surface area (Å²) >= 11 is 5.92. The molecule has 0 bridgehead atoms. The van der Waals surface area contributed by atoms with Gasteiger partial charge in [0.25, 0.3) is 0 Å². The quantitative estimate of drug-likeness (QED) is 0.339. The van der Waals surface area contributed by atoms with Crippen LogP contribution in [0.15, 0.2) is 49.1 Å². The molecule has 0 aliphatic heterocycles. The summed E-state index contributed by atoms with van der Waals surface area (Å²) in [4.78, 5) is 11.5. The third kappa shape index (κ3) is 4.43. The molecule has 0 fully saturated rings. The Morgan fingerprint density at radius 1 is 1.19 bits per heavy atom. The van der Waals surface area contributed by atoms with E-state index in [4.69, 9.17) is 11.6 Å². The maximum atomic E-state index is 13.6. The van der Waals surface area contributed by atoms with Crippen LogP contribution in [-0.4, -0.2) is 26.7 Å². The third-order valence-electron chi connectivity index (χ3n) is 4.78. The molecule has 0 amide bonds. The summed E-state index contributed by atoms with van der Waals surface area (Å²) in [6, 6.07) is 10.2. The molecule has 0 saturated heterocycles. The highest BCUT2D eigenvalue weighted by molar-refractivity contribution is 6.31. The molecule has 2 heterocycles. The number of anilines is 3. The zero-order chi connectivity index (χ0) is 21.8. The summed E-state index contributed by atoms with van der Waals surface area (Å²) in [5, 5.41) is 26.3. The summed E-state index contributed by atoms with van der Waals surface area (Å²) < 4.78 is 13.6. The second kappa shape index (κ2) is 9.00. The number of nitriles is 1. The van der Waals surface area contributed by atoms with E-state index in [0.717, 1.165) is 16.9 Å². The van der Waals surface area contributed by atoms with Crippen molar-refractivity contribution in [1.82, 2.24) is 15.0 Å². The average Bonchev–Trinajstić information content (AvgIpc) is 3.29. The van der Waals surface area contributed by atoms with Gasteiger partial charge in [0, 0.05) is 35.8 Å². The van der Waals surface area contributed by atoms with Gasteiger partial charge in [-0.15, -0.1) is 0 Å². The number of nitrogens with zero attached hydrogens (tertiary/aromatic N) is 3. The molecule has 0 unspecified atom stereocenters. The van der Waals surface area contributed by atoms with E-state index in [1.165, 1.54) is 18.3 Å². The minimum absolute atomic E-state index is 0.0234. The third-order valence-corrected chi connectivity index (χ3v) is 5.07. The number of fused-ring (bicyclic) bond motifs is 1. The molecule has 0 aliphatic rings. The molecule has 7 nitrogen and oxygen atoms in total. The highest BCUT2D eigenvalue weighted by Crippen LogP contribution is 2.34. The van der Waals surface area contributed by atoms with Gasteiger partial charge in [0.05, 0.1) is 40.4 Å². The lowest BCUT2D eigenvalue weighted by atomic mass is 10.0. The van der Waals surface area contributed by atoms with E-state index in [9.17, 15) is 14.8 Å². The molecule has 31 heavy (non-hydrogen) atoms. The van der Waals surface area contributed by atoms with Crippen LogP contribution in [0.1, 0.15) is 16.8 Å². The van der Waals surface area contributed by atoms with Crippen LogP contribution in [0.25, 0.3) is 10.9 Å². The Bertz CT molecular complexity index is 1270. The Balaban J connectivity index is 1.81. The van der Waals surface area contributed by atoms with Crippen molar-refractivity contribution in [2.24, 2.45) is 0 Å². The molecule has 4 aromatic rings. The number of aliphatic hydroxyl groups excluding tert-OH is 1. The Morgan fingerprint density at radius 2 is 2.06 bits per heavy atom. The Labute approximate surface area is 182 Å². The lowest BCUT2D eigenvalue weighted by Crippen LogP contribution is -2.04. The minimum Gasteiger partial charge on any atom is -0.396 e. The fourth-order valence-corrected chi connectivity index (χ4v) is 3.49. The first kappa shape index (κ1) is 20.6. The average molecular weight is 437 g/mol. The lowest BCUT2D eigenvalue weighted by Gasteiger charge is -2.16. The lowest BCUT2D eigenvalue weighted by molar-refractivity contribution is 0.300. The number of nitrogens with one attached hydrogen (secondary N) is 3. The number of aliphatic hydroxyl groups is 1. The first-order valence-electron chi connectivity index (χ1n) is 9.49. The van der Waals surface area contributed by atoms with Crippen LogP contribution in [0.4, 0.5) is 21.5 Å². The molecule has 0 aliphatic carbocycles. The first-order chi connectivity index (χ1) is 15.1. The molecule has 0 radical (unpaired) electrons. The van der Waals surface area contributed by atoms with Crippen LogP contribution in [-0.2, 0) is 13.0 Å². The van der Waals surface area contributed by atoms with Crippen LogP contribution in [0.3, 0.4) is 0 Å². The molecule has 2 aromatic carbocycles. The molecule has 9 heteroatoms. The predicted molar refractivity (Wildman–Crippen MR) is 118 cm³/mol. The fraction of sp³-hybridized carbons (Fsp3) is 0.136. The largest absolute Gasteiger partial charge is 0.396 e. The molecule has 4 rings (SSSR count). The SMILES string of the molecule is N#Cc1cnc2c(CCO)cc(NCc3cnc[nH]3)cc2c1Nc1ccc(F)c(Cl)c1. The predicted octanol–water partition coefficient (Wildman–Crippen LogP) is 4.51. The van der Waals surface area contributed by atoms with Crippen molar-refractivity contribution >= 4 is 39.6 Å². The molecular formula is C22H18ClFN6O. The second-order valence-corrected chi connectivity index (χ2v) is 7.26. The number of halogens is 2. The summed E-state index contributed by atoms with van der Waals surface area (Å²) in [6.45, 7) is 0.475. The van der Waals surface area contributed by atoms with E-state index in [0.29, 0.717) is 40.8 Å². The zero-order valence-electron chi connectivity index (χ0n) is 16.3. The highest BCUT2D eigenvalue weighted by atomic mass is 35.5. The van der Waals surface area contributed by atoms with Crippen LogP contribution < -0.4 is 10.6 Å². The normalized spacial score (nSPS) is 10.8. The minimum atomic E-state index is -0.525. The van der Waals surface area contributed by atoms with E-state index in [-0.39, 0.29) is 11.6 Å². The molecular weight excluding hydrogens is 419 g/mol. The number of pyridine rings is 1. The Hall–Kier alpha value is -3.67. The van der Waals surface area contributed by atoms with E-state index >= 15 is 0 Å². The van der Waals surface area contributed by atoms with E-state index < -0.39 is 5.82 Å². The van der Waals surface area contributed by atoms with E-state index in [2.05, 4.69) is 31.7 Å². The van der Waals surface area contributed by atoms with E-state index in [1.54, 1.807) is 18.6 Å². The topological polar surface area (TPSA) is 110 Å². The van der Waals surface area contributed by atoms with Gasteiger partial charge in [0.15, 0.2) is 0 Å². The Morgan fingerprint density at radius 3 is 2.77 bits per heavy atom. The monoisotopic (exact) mass is 436 g/mol. The van der Waals surface area contributed by atoms with Gasteiger partial charge < -0.3 is 20.7 Å². The number of aromatic nitrogens is 3. The van der Waals surface area contributed by atoms with Crippen molar-refractivity contribution in [2.75, 3.05) is 17.2 Å². The summed E-state index contributed by atoms with van der Waals surface area (Å²) in [5.74, 6) is -0.525. The second-order valence-electron chi connectivity index (χ2n) is 6.85. The number of H-pyrrole nitrogens is 1. The summed E-state index contributed by atoms with van der Waals surface area (Å²) in [5.41, 5.74) is 4.59. The maximum absolute atomic E-state index is 13.6. The van der Waals surface area contributed by atoms with Crippen LogP contribution >= 0.6 is 11.6 Å². The fourth-order valence-electron chi connectivity index (χ4n) is 3.31. The van der Waals surface area contributed by atoms with Gasteiger partial charge in [-0.1, -0.05) is 11.6 Å². The zero-order valence-corrected chi connectivity index (χ0v) is 17.0. The van der Waals surface area contributed by atoms with Crippen molar-refractivity contribution in [3.63, 3.8) is 0 Å². The van der Waals surface area contributed by atoms with Crippen LogP contribution in [0, 0.1) is 17.1 Å². The standard InChI is InChI=1S/C22H18ClFN6O/c23-19-7-15(1-2-20(19)24)30-22-14(8-25)9-28-21-13(3-4-31)5-16(6-18(21)22)27-11-17-10-26-12-29-17/h1-2,5-7,9-10,12,27,31H,3-4,11H2,(H,26,29)(H,28,30). The van der Waals surface area contributed by atoms with Gasteiger partial charge in [-0.25, -0.2) is 9.37 Å². The van der Waals surface area contributed by atoms with Crippen molar-refractivity contribution in [1.29, 1.82) is 5.26 Å². The van der Waals surface area contributed by atoms with Gasteiger partial charge in [-0.2, -0.15) is 5.26 Å². The van der Waals surface area contributed by atoms with Gasteiger partial charge in [0.2, 0.25) is 0 Å². The van der Waals surface area contributed by atoms with Gasteiger partial charge in [0.1, 0.15) is 11.9 Å². The summed E-state index contributed by atoms with van der Waals surface area (Å²) in [7, 11) is 0. The number of benzene rings is 2. The number of rotatable bonds is 7.